The van der Waals surface area contributed by atoms with Crippen molar-refractivity contribution in [1.82, 2.24) is 9.29 Å². The average Bonchev–Trinajstić information content (AvgIpc) is 2.77. The smallest absolute Gasteiger partial charge is 0.245 e. The van der Waals surface area contributed by atoms with Gasteiger partial charge in [-0.2, -0.15) is 0 Å². The van der Waals surface area contributed by atoms with E-state index in [0.717, 1.165) is 9.18 Å². The fourth-order valence-corrected chi connectivity index (χ4v) is 5.17. The molecule has 0 fully saturated rings. The van der Waals surface area contributed by atoms with Crippen LogP contribution >= 0.6 is 34.5 Å². The Hall–Kier alpha value is -1.19. The summed E-state index contributed by atoms with van der Waals surface area (Å²) >= 11 is 13.6. The zero-order chi connectivity index (χ0) is 18.2. The van der Waals surface area contributed by atoms with Crippen LogP contribution in [0.2, 0.25) is 10.0 Å². The second kappa shape index (κ2) is 6.97. The largest absolute Gasteiger partial charge is 0.369 e. The molecule has 0 aliphatic rings. The molecule has 24 heavy (non-hydrogen) atoms. The highest BCUT2D eigenvalue weighted by molar-refractivity contribution is 7.89. The van der Waals surface area contributed by atoms with Gasteiger partial charge in [0.25, 0.3) is 0 Å². The van der Waals surface area contributed by atoms with Gasteiger partial charge in [-0.05, 0) is 24.6 Å². The van der Waals surface area contributed by atoms with Crippen molar-refractivity contribution in [3.05, 3.63) is 32.9 Å². The number of hydrogen-bond donors (Lipinski definition) is 1. The number of benzene rings is 1. The van der Waals surface area contributed by atoms with Gasteiger partial charge in [0.2, 0.25) is 15.9 Å². The topological polar surface area (TPSA) is 93.4 Å². The summed E-state index contributed by atoms with van der Waals surface area (Å²) in [6, 6.07) is 3.05. The number of halogens is 2. The molecule has 2 aromatic rings. The first-order valence-corrected chi connectivity index (χ1v) is 9.71. The van der Waals surface area contributed by atoms with Crippen LogP contribution in [0, 0.1) is 6.92 Å². The van der Waals surface area contributed by atoms with Gasteiger partial charge in [-0.1, -0.05) is 23.2 Å². The number of carbonyl (C=O) groups is 1. The highest BCUT2D eigenvalue weighted by atomic mass is 35.5. The number of aryl methyl sites for hydroxylation is 1. The highest BCUT2D eigenvalue weighted by Crippen LogP contribution is 2.38. The van der Waals surface area contributed by atoms with Crippen molar-refractivity contribution in [3.63, 3.8) is 0 Å². The zero-order valence-corrected chi connectivity index (χ0v) is 16.3. The Kier molecular flexibility index (Phi) is 5.56. The second-order valence-corrected chi connectivity index (χ2v) is 9.21. The van der Waals surface area contributed by atoms with Gasteiger partial charge in [0.1, 0.15) is 9.90 Å². The summed E-state index contributed by atoms with van der Waals surface area (Å²) in [5.74, 6) is -0.473. The molecule has 0 bridgehead atoms. The molecule has 0 aliphatic heterocycles. The lowest BCUT2D eigenvalue weighted by atomic mass is 10.1. The van der Waals surface area contributed by atoms with Crippen LogP contribution in [0.3, 0.4) is 0 Å². The third kappa shape index (κ3) is 3.73. The van der Waals surface area contributed by atoms with Crippen molar-refractivity contribution in [2.45, 2.75) is 18.2 Å². The van der Waals surface area contributed by atoms with E-state index in [1.807, 2.05) is 0 Å². The summed E-state index contributed by atoms with van der Waals surface area (Å²) in [5.41, 5.74) is 6.50. The standard InChI is InChI=1S/C14H15Cl2N3O3S2/c1-7-13(23-12(18-7)6-11(17)20)8-4-9(15)14(10(16)5-8)24(21,22)19(2)3/h4-5H,6H2,1-3H3,(H2,17,20). The van der Waals surface area contributed by atoms with Crippen molar-refractivity contribution >= 4 is 50.5 Å². The molecule has 0 atom stereocenters. The number of amides is 1. The SMILES string of the molecule is Cc1nc(CC(N)=O)sc1-c1cc(Cl)c(S(=O)(=O)N(C)C)c(Cl)c1. The summed E-state index contributed by atoms with van der Waals surface area (Å²) < 4.78 is 25.7. The number of sulfonamides is 1. The number of nitrogens with two attached hydrogens (primary N) is 1. The van der Waals surface area contributed by atoms with E-state index in [0.29, 0.717) is 16.3 Å². The van der Waals surface area contributed by atoms with Gasteiger partial charge < -0.3 is 5.73 Å². The molecule has 0 aliphatic carbocycles. The van der Waals surface area contributed by atoms with Crippen LogP contribution in [0.25, 0.3) is 10.4 Å². The Morgan fingerprint density at radius 1 is 1.29 bits per heavy atom. The summed E-state index contributed by atoms with van der Waals surface area (Å²) in [7, 11) is -0.958. The van der Waals surface area contributed by atoms with Crippen molar-refractivity contribution in [2.75, 3.05) is 14.1 Å². The monoisotopic (exact) mass is 407 g/mol. The quantitative estimate of drug-likeness (QED) is 0.823. The fraction of sp³-hybridized carbons (Fsp3) is 0.286. The average molecular weight is 408 g/mol. The molecule has 0 saturated heterocycles. The van der Waals surface area contributed by atoms with Crippen molar-refractivity contribution < 1.29 is 13.2 Å². The molecule has 2 rings (SSSR count). The Balaban J connectivity index is 2.56. The van der Waals surface area contributed by atoms with E-state index in [2.05, 4.69) is 4.98 Å². The molecule has 0 unspecified atom stereocenters. The van der Waals surface area contributed by atoms with Gasteiger partial charge in [0.05, 0.1) is 27.0 Å². The summed E-state index contributed by atoms with van der Waals surface area (Å²) in [4.78, 5) is 15.9. The highest BCUT2D eigenvalue weighted by Gasteiger charge is 2.25. The first kappa shape index (κ1) is 19.1. The minimum Gasteiger partial charge on any atom is -0.369 e. The third-order valence-electron chi connectivity index (χ3n) is 3.17. The Morgan fingerprint density at radius 2 is 1.83 bits per heavy atom. The minimum absolute atomic E-state index is 0.0236. The first-order valence-electron chi connectivity index (χ1n) is 6.70. The lowest BCUT2D eigenvalue weighted by molar-refractivity contribution is -0.117. The molecular weight excluding hydrogens is 393 g/mol. The minimum atomic E-state index is -3.76. The predicted octanol–water partition coefficient (Wildman–Crippen LogP) is 2.70. The van der Waals surface area contributed by atoms with E-state index in [1.54, 1.807) is 6.92 Å². The molecule has 1 amide bonds. The van der Waals surface area contributed by atoms with Crippen molar-refractivity contribution in [3.8, 4) is 10.4 Å². The molecule has 1 aromatic heterocycles. The van der Waals surface area contributed by atoms with Crippen molar-refractivity contribution in [1.29, 1.82) is 0 Å². The molecule has 0 saturated carbocycles. The number of hydrogen-bond acceptors (Lipinski definition) is 5. The van der Waals surface area contributed by atoms with Gasteiger partial charge in [0.15, 0.2) is 0 Å². The van der Waals surface area contributed by atoms with E-state index >= 15 is 0 Å². The molecule has 2 N–H and O–H groups in total. The summed E-state index contributed by atoms with van der Waals surface area (Å²) in [5, 5.41) is 0.623. The summed E-state index contributed by atoms with van der Waals surface area (Å²) in [6.07, 6.45) is 0.0417. The van der Waals surface area contributed by atoms with Gasteiger partial charge in [0, 0.05) is 14.1 Å². The van der Waals surface area contributed by atoms with Crippen LogP contribution in [0.4, 0.5) is 0 Å². The van der Waals surface area contributed by atoms with E-state index in [4.69, 9.17) is 28.9 Å². The van der Waals surface area contributed by atoms with Crippen LogP contribution in [0.15, 0.2) is 17.0 Å². The Bertz CT molecular complexity index is 885. The third-order valence-corrected chi connectivity index (χ3v) is 7.11. The Morgan fingerprint density at radius 3 is 2.29 bits per heavy atom. The van der Waals surface area contributed by atoms with Gasteiger partial charge >= 0.3 is 0 Å². The maximum atomic E-state index is 12.3. The molecule has 10 heteroatoms. The number of aromatic nitrogens is 1. The number of rotatable bonds is 5. The van der Waals surface area contributed by atoms with Crippen LogP contribution in [-0.4, -0.2) is 37.7 Å². The fourth-order valence-electron chi connectivity index (χ4n) is 2.06. The second-order valence-electron chi connectivity index (χ2n) is 5.22. The molecule has 130 valence electrons. The number of primary amides is 1. The van der Waals surface area contributed by atoms with E-state index in [1.165, 1.54) is 37.6 Å². The number of thiazole rings is 1. The number of nitrogens with zero attached hydrogens (tertiary/aromatic N) is 2. The van der Waals surface area contributed by atoms with Gasteiger partial charge in [-0.3, -0.25) is 4.79 Å². The van der Waals surface area contributed by atoms with Crippen LogP contribution < -0.4 is 5.73 Å². The Labute approximate surface area is 154 Å². The summed E-state index contributed by atoms with van der Waals surface area (Å²) in [6.45, 7) is 1.78. The maximum absolute atomic E-state index is 12.3. The molecular formula is C14H15Cl2N3O3S2. The van der Waals surface area contributed by atoms with Crippen molar-refractivity contribution in [2.24, 2.45) is 5.73 Å². The normalized spacial score (nSPS) is 11.9. The molecule has 0 radical (unpaired) electrons. The van der Waals surface area contributed by atoms with E-state index in [-0.39, 0.29) is 21.4 Å². The molecule has 6 nitrogen and oxygen atoms in total. The van der Waals surface area contributed by atoms with Gasteiger partial charge in [-0.25, -0.2) is 17.7 Å². The first-order chi connectivity index (χ1) is 11.0. The van der Waals surface area contributed by atoms with Crippen LogP contribution in [-0.2, 0) is 21.2 Å². The predicted molar refractivity (Wildman–Crippen MR) is 96.1 cm³/mol. The van der Waals surface area contributed by atoms with Gasteiger partial charge in [-0.15, -0.1) is 11.3 Å². The lowest BCUT2D eigenvalue weighted by Gasteiger charge is -2.15. The van der Waals surface area contributed by atoms with Crippen LogP contribution in [0.1, 0.15) is 10.7 Å². The van der Waals surface area contributed by atoms with E-state index in [9.17, 15) is 13.2 Å². The number of carbonyl (C=O) groups excluding carboxylic acids is 1. The molecule has 1 heterocycles. The molecule has 1 aromatic carbocycles. The van der Waals surface area contributed by atoms with E-state index < -0.39 is 15.9 Å². The maximum Gasteiger partial charge on any atom is 0.245 e. The lowest BCUT2D eigenvalue weighted by Crippen LogP contribution is -2.22. The zero-order valence-electron chi connectivity index (χ0n) is 13.1. The van der Waals surface area contributed by atoms with Crippen LogP contribution in [0.5, 0.6) is 0 Å². The molecule has 0 spiro atoms.